The average Bonchev–Trinajstić information content (AvgIpc) is 2.62. The van der Waals surface area contributed by atoms with Gasteiger partial charge in [-0.1, -0.05) is 19.1 Å². The van der Waals surface area contributed by atoms with Gasteiger partial charge in [0.05, 0.1) is 0 Å². The monoisotopic (exact) mass is 343 g/mol. The number of rotatable bonds is 6. The van der Waals surface area contributed by atoms with E-state index < -0.39 is 0 Å². The van der Waals surface area contributed by atoms with Crippen molar-refractivity contribution in [1.29, 1.82) is 0 Å². The summed E-state index contributed by atoms with van der Waals surface area (Å²) < 4.78 is 0. The summed E-state index contributed by atoms with van der Waals surface area (Å²) in [6.07, 6.45) is 2.46. The molecule has 0 heterocycles. The first-order valence-corrected chi connectivity index (χ1v) is 8.91. The molecule has 5 nitrogen and oxygen atoms in total. The molecule has 3 N–H and O–H groups in total. The predicted octanol–water partition coefficient (Wildman–Crippen LogP) is 4.08. The van der Waals surface area contributed by atoms with E-state index >= 15 is 0 Å². The fraction of sp³-hybridized carbons (Fsp3) is 0.222. The molecular formula is C18H21N3O2S. The Morgan fingerprint density at radius 3 is 2.04 bits per heavy atom. The van der Waals surface area contributed by atoms with Gasteiger partial charge < -0.3 is 16.0 Å². The Morgan fingerprint density at radius 1 is 0.917 bits per heavy atom. The van der Waals surface area contributed by atoms with Gasteiger partial charge in [0.15, 0.2) is 0 Å². The Hall–Kier alpha value is -2.47. The van der Waals surface area contributed by atoms with Crippen molar-refractivity contribution in [2.24, 2.45) is 0 Å². The van der Waals surface area contributed by atoms with Crippen molar-refractivity contribution in [2.75, 3.05) is 16.9 Å². The molecule has 0 fully saturated rings. The second-order valence-electron chi connectivity index (χ2n) is 5.13. The van der Waals surface area contributed by atoms with E-state index in [-0.39, 0.29) is 11.9 Å². The van der Waals surface area contributed by atoms with Crippen LogP contribution in [0.15, 0.2) is 53.4 Å². The van der Waals surface area contributed by atoms with Crippen LogP contribution in [-0.2, 0) is 11.3 Å². The van der Waals surface area contributed by atoms with Crippen LogP contribution in [0.2, 0.25) is 0 Å². The molecule has 0 aliphatic rings. The fourth-order valence-electron chi connectivity index (χ4n) is 1.99. The number of nitrogens with one attached hydrogen (secondary N) is 3. The summed E-state index contributed by atoms with van der Waals surface area (Å²) in [4.78, 5) is 24.4. The standard InChI is InChI=1S/C18H21N3O2S/c1-3-17(22)20-14-6-8-15(9-7-14)21-18(23)19-12-13-4-10-16(24-2)11-5-13/h4-11H,3,12H2,1-2H3,(H,20,22)(H2,19,21,23). The Balaban J connectivity index is 1.82. The summed E-state index contributed by atoms with van der Waals surface area (Å²) >= 11 is 1.68. The van der Waals surface area contributed by atoms with Crippen molar-refractivity contribution >= 4 is 35.1 Å². The summed E-state index contributed by atoms with van der Waals surface area (Å²) in [5.74, 6) is -0.0408. The lowest BCUT2D eigenvalue weighted by Gasteiger charge is -2.09. The third-order valence-corrected chi connectivity index (χ3v) is 4.10. The Bertz CT molecular complexity index is 684. The highest BCUT2D eigenvalue weighted by molar-refractivity contribution is 7.98. The molecule has 0 spiro atoms. The van der Waals surface area contributed by atoms with Gasteiger partial charge in [-0.25, -0.2) is 4.79 Å². The Kier molecular flexibility index (Phi) is 6.69. The van der Waals surface area contributed by atoms with E-state index in [9.17, 15) is 9.59 Å². The summed E-state index contributed by atoms with van der Waals surface area (Å²) in [5.41, 5.74) is 2.42. The van der Waals surface area contributed by atoms with E-state index in [1.54, 1.807) is 43.0 Å². The first-order valence-electron chi connectivity index (χ1n) is 7.68. The number of hydrogen-bond donors (Lipinski definition) is 3. The van der Waals surface area contributed by atoms with E-state index in [4.69, 9.17) is 0 Å². The van der Waals surface area contributed by atoms with Crippen molar-refractivity contribution < 1.29 is 9.59 Å². The zero-order chi connectivity index (χ0) is 17.4. The number of carbonyl (C=O) groups is 2. The van der Waals surface area contributed by atoms with E-state index in [2.05, 4.69) is 16.0 Å². The van der Waals surface area contributed by atoms with Gasteiger partial charge in [-0.15, -0.1) is 11.8 Å². The third-order valence-electron chi connectivity index (χ3n) is 3.36. The molecule has 24 heavy (non-hydrogen) atoms. The molecule has 0 bridgehead atoms. The van der Waals surface area contributed by atoms with Crippen LogP contribution in [0.25, 0.3) is 0 Å². The number of amides is 3. The van der Waals surface area contributed by atoms with Crippen molar-refractivity contribution in [3.8, 4) is 0 Å². The third kappa shape index (κ3) is 5.62. The molecule has 0 saturated heterocycles. The summed E-state index contributed by atoms with van der Waals surface area (Å²) in [7, 11) is 0. The molecule has 0 unspecified atom stereocenters. The zero-order valence-corrected chi connectivity index (χ0v) is 14.6. The first kappa shape index (κ1) is 17.9. The van der Waals surface area contributed by atoms with E-state index in [1.165, 1.54) is 4.90 Å². The van der Waals surface area contributed by atoms with Crippen molar-refractivity contribution in [3.05, 3.63) is 54.1 Å². The van der Waals surface area contributed by atoms with Crippen LogP contribution in [0, 0.1) is 0 Å². The van der Waals surface area contributed by atoms with Crippen LogP contribution < -0.4 is 16.0 Å². The minimum atomic E-state index is -0.269. The van der Waals surface area contributed by atoms with Crippen LogP contribution in [0.4, 0.5) is 16.2 Å². The minimum absolute atomic E-state index is 0.0408. The zero-order valence-electron chi connectivity index (χ0n) is 13.8. The van der Waals surface area contributed by atoms with Gasteiger partial charge in [0.2, 0.25) is 5.91 Å². The van der Waals surface area contributed by atoms with Gasteiger partial charge in [0.25, 0.3) is 0 Å². The number of benzene rings is 2. The highest BCUT2D eigenvalue weighted by atomic mass is 32.2. The molecule has 6 heteroatoms. The van der Waals surface area contributed by atoms with Crippen LogP contribution in [0.3, 0.4) is 0 Å². The molecule has 126 valence electrons. The summed E-state index contributed by atoms with van der Waals surface area (Å²) in [6, 6.07) is 14.8. The fourth-order valence-corrected chi connectivity index (χ4v) is 2.40. The maximum absolute atomic E-state index is 11.9. The lowest BCUT2D eigenvalue weighted by atomic mass is 10.2. The van der Waals surface area contributed by atoms with Crippen molar-refractivity contribution in [3.63, 3.8) is 0 Å². The van der Waals surface area contributed by atoms with E-state index in [1.807, 2.05) is 30.5 Å². The van der Waals surface area contributed by atoms with E-state index in [0.29, 0.717) is 24.3 Å². The Morgan fingerprint density at radius 2 is 1.50 bits per heavy atom. The summed E-state index contributed by atoms with van der Waals surface area (Å²) in [5, 5.41) is 8.34. The smallest absolute Gasteiger partial charge is 0.319 e. The molecule has 0 aliphatic heterocycles. The van der Waals surface area contributed by atoms with Crippen LogP contribution in [-0.4, -0.2) is 18.2 Å². The second kappa shape index (κ2) is 8.98. The topological polar surface area (TPSA) is 70.2 Å². The largest absolute Gasteiger partial charge is 0.334 e. The van der Waals surface area contributed by atoms with Crippen LogP contribution >= 0.6 is 11.8 Å². The molecule has 3 amide bonds. The summed E-state index contributed by atoms with van der Waals surface area (Å²) in [6.45, 7) is 2.26. The molecule has 0 aliphatic carbocycles. The molecule has 0 atom stereocenters. The molecule has 0 radical (unpaired) electrons. The second-order valence-corrected chi connectivity index (χ2v) is 6.01. The molecule has 0 saturated carbocycles. The van der Waals surface area contributed by atoms with Gasteiger partial charge in [-0.2, -0.15) is 0 Å². The molecule has 0 aromatic heterocycles. The highest BCUT2D eigenvalue weighted by Crippen LogP contribution is 2.15. The lowest BCUT2D eigenvalue weighted by molar-refractivity contribution is -0.115. The van der Waals surface area contributed by atoms with E-state index in [0.717, 1.165) is 5.56 Å². The SMILES string of the molecule is CCC(=O)Nc1ccc(NC(=O)NCc2ccc(SC)cc2)cc1. The molecular weight excluding hydrogens is 322 g/mol. The maximum atomic E-state index is 11.9. The predicted molar refractivity (Wildman–Crippen MR) is 99.4 cm³/mol. The number of anilines is 2. The van der Waals surface area contributed by atoms with Gasteiger partial charge in [0.1, 0.15) is 0 Å². The van der Waals surface area contributed by atoms with Crippen molar-refractivity contribution in [1.82, 2.24) is 5.32 Å². The molecule has 2 aromatic rings. The van der Waals surface area contributed by atoms with Gasteiger partial charge in [0, 0.05) is 29.2 Å². The maximum Gasteiger partial charge on any atom is 0.319 e. The number of carbonyl (C=O) groups excluding carboxylic acids is 2. The quantitative estimate of drug-likeness (QED) is 0.692. The van der Waals surface area contributed by atoms with Gasteiger partial charge >= 0.3 is 6.03 Å². The first-order chi connectivity index (χ1) is 11.6. The van der Waals surface area contributed by atoms with Crippen LogP contribution in [0.1, 0.15) is 18.9 Å². The lowest BCUT2D eigenvalue weighted by Crippen LogP contribution is -2.28. The molecule has 2 rings (SSSR count). The van der Waals surface area contributed by atoms with Gasteiger partial charge in [-0.3, -0.25) is 4.79 Å². The average molecular weight is 343 g/mol. The minimum Gasteiger partial charge on any atom is -0.334 e. The van der Waals surface area contributed by atoms with Crippen LogP contribution in [0.5, 0.6) is 0 Å². The number of urea groups is 1. The number of hydrogen-bond acceptors (Lipinski definition) is 3. The van der Waals surface area contributed by atoms with Crippen molar-refractivity contribution in [2.45, 2.75) is 24.8 Å². The Labute approximate surface area is 146 Å². The highest BCUT2D eigenvalue weighted by Gasteiger charge is 2.03. The normalized spacial score (nSPS) is 10.1. The molecule has 2 aromatic carbocycles. The van der Waals surface area contributed by atoms with Gasteiger partial charge in [-0.05, 0) is 48.2 Å². The number of thioether (sulfide) groups is 1.